The quantitative estimate of drug-likeness (QED) is 0.393. The molecule has 6 nitrogen and oxygen atoms in total. The lowest BCUT2D eigenvalue weighted by Gasteiger charge is -2.28. The van der Waals surface area contributed by atoms with Gasteiger partial charge >= 0.3 is 5.97 Å². The Labute approximate surface area is 222 Å². The van der Waals surface area contributed by atoms with Gasteiger partial charge in [-0.15, -0.1) is 0 Å². The number of methoxy groups -OCH3 is 1. The summed E-state index contributed by atoms with van der Waals surface area (Å²) in [6.07, 6.45) is 20.5. The highest BCUT2D eigenvalue weighted by Gasteiger charge is 2.24. The predicted molar refractivity (Wildman–Crippen MR) is 146 cm³/mol. The van der Waals surface area contributed by atoms with Gasteiger partial charge in [0.25, 0.3) is 0 Å². The van der Waals surface area contributed by atoms with E-state index in [0.29, 0.717) is 31.8 Å². The van der Waals surface area contributed by atoms with E-state index in [-0.39, 0.29) is 18.3 Å². The van der Waals surface area contributed by atoms with E-state index in [0.717, 1.165) is 31.3 Å². The molecule has 1 N–H and O–H groups in total. The Hall–Kier alpha value is -2.25. The molecule has 0 aromatic heterocycles. The number of carbonyl (C=O) groups is 1. The molecular formula is C31H44O6. The first kappa shape index (κ1) is 29.3. The molecule has 3 heterocycles. The summed E-state index contributed by atoms with van der Waals surface area (Å²) < 4.78 is 23.6. The third-order valence-corrected chi connectivity index (χ3v) is 6.95. The van der Waals surface area contributed by atoms with Crippen LogP contribution in [0, 0.1) is 5.92 Å². The van der Waals surface area contributed by atoms with Crippen molar-refractivity contribution < 1.29 is 28.8 Å². The molecule has 3 aliphatic heterocycles. The number of rotatable bonds is 4. The Morgan fingerprint density at radius 2 is 1.95 bits per heavy atom. The molecule has 7 atom stereocenters. The van der Waals surface area contributed by atoms with Gasteiger partial charge in [0.15, 0.2) is 0 Å². The Kier molecular flexibility index (Phi) is 12.1. The first-order chi connectivity index (χ1) is 17.8. The summed E-state index contributed by atoms with van der Waals surface area (Å²) in [6, 6.07) is 0. The van der Waals surface area contributed by atoms with Crippen LogP contribution in [0.2, 0.25) is 0 Å². The number of cyclic esters (lactones) is 1. The van der Waals surface area contributed by atoms with Gasteiger partial charge in [0, 0.05) is 19.6 Å². The van der Waals surface area contributed by atoms with Crippen molar-refractivity contribution >= 4 is 5.97 Å². The largest absolute Gasteiger partial charge is 0.456 e. The van der Waals surface area contributed by atoms with Crippen LogP contribution in [0.1, 0.15) is 58.8 Å². The molecule has 0 aromatic carbocycles. The van der Waals surface area contributed by atoms with Crippen molar-refractivity contribution in [2.45, 2.75) is 95.4 Å². The van der Waals surface area contributed by atoms with Crippen molar-refractivity contribution in [2.75, 3.05) is 13.7 Å². The third-order valence-electron chi connectivity index (χ3n) is 6.95. The van der Waals surface area contributed by atoms with E-state index in [4.69, 9.17) is 18.9 Å². The number of carbonyl (C=O) groups excluding carboxylic acids is 1. The Morgan fingerprint density at radius 1 is 1.14 bits per heavy atom. The van der Waals surface area contributed by atoms with Crippen molar-refractivity contribution in [1.29, 1.82) is 0 Å². The summed E-state index contributed by atoms with van der Waals surface area (Å²) in [5, 5.41) is 10.6. The molecule has 2 bridgehead atoms. The summed E-state index contributed by atoms with van der Waals surface area (Å²) in [5.74, 6) is -0.0159. The van der Waals surface area contributed by atoms with Crippen LogP contribution in [0.25, 0.3) is 0 Å². The average molecular weight is 513 g/mol. The monoisotopic (exact) mass is 512 g/mol. The summed E-state index contributed by atoms with van der Waals surface area (Å²) in [5.41, 5.74) is 2.31. The van der Waals surface area contributed by atoms with Gasteiger partial charge in [-0.25, -0.2) is 4.79 Å². The number of aliphatic hydroxyl groups excluding tert-OH is 1. The van der Waals surface area contributed by atoms with Crippen molar-refractivity contribution in [2.24, 2.45) is 5.92 Å². The van der Waals surface area contributed by atoms with Crippen LogP contribution in [0.3, 0.4) is 0 Å². The molecule has 1 unspecified atom stereocenters. The predicted octanol–water partition coefficient (Wildman–Crippen LogP) is 5.55. The minimum Gasteiger partial charge on any atom is -0.456 e. The lowest BCUT2D eigenvalue weighted by molar-refractivity contribution is -0.148. The second-order valence-electron chi connectivity index (χ2n) is 10.5. The van der Waals surface area contributed by atoms with Gasteiger partial charge in [-0.2, -0.15) is 0 Å². The second-order valence-corrected chi connectivity index (χ2v) is 10.5. The fraction of sp³-hybridized carbons (Fsp3) is 0.581. The zero-order chi connectivity index (χ0) is 26.6. The average Bonchev–Trinajstić information content (AvgIpc) is 2.83. The van der Waals surface area contributed by atoms with Crippen molar-refractivity contribution in [3.8, 4) is 0 Å². The van der Waals surface area contributed by atoms with Crippen molar-refractivity contribution in [1.82, 2.24) is 0 Å². The topological polar surface area (TPSA) is 74.2 Å². The van der Waals surface area contributed by atoms with Crippen molar-refractivity contribution in [3.05, 3.63) is 72.4 Å². The SMILES string of the molecule is C=C1C[C@H](C)C[C@@H]2CC=C[C@@H](C/C=C\C(=O)O[C@H](C(/C=C/[C@@H]3CC(C)=CCO3)OC)C/C=C/[C@@H](O)C1)O2. The highest BCUT2D eigenvalue weighted by atomic mass is 16.6. The van der Waals surface area contributed by atoms with Crippen LogP contribution in [-0.4, -0.2) is 61.4 Å². The smallest absolute Gasteiger partial charge is 0.330 e. The van der Waals surface area contributed by atoms with E-state index in [9.17, 15) is 9.90 Å². The maximum atomic E-state index is 12.7. The lowest BCUT2D eigenvalue weighted by Crippen LogP contribution is -2.31. The number of hydrogen-bond acceptors (Lipinski definition) is 6. The van der Waals surface area contributed by atoms with Gasteiger partial charge in [0.1, 0.15) is 12.2 Å². The zero-order valence-corrected chi connectivity index (χ0v) is 22.6. The van der Waals surface area contributed by atoms with Gasteiger partial charge in [0.2, 0.25) is 0 Å². The number of aliphatic hydroxyl groups is 1. The first-order valence-electron chi connectivity index (χ1n) is 13.5. The van der Waals surface area contributed by atoms with Crippen molar-refractivity contribution in [3.63, 3.8) is 0 Å². The number of fused-ring (bicyclic) bond motifs is 2. The molecular weight excluding hydrogens is 468 g/mol. The molecule has 0 saturated heterocycles. The standard InChI is InChI=1S/C31H44O6/c1-22-16-17-35-27(20-22)14-15-29(34-4)30-12-5-8-25(32)19-23(2)18-24(3)21-28-11-6-9-26(36-28)10-7-13-31(33)37-30/h5-9,13-16,24-30,32H,2,10-12,17-21H2,1,3-4H3/b8-5+,13-7-,15-14+/t24-,25+,26-,27+,28-,29?,30-/m0/s1. The van der Waals surface area contributed by atoms with Crippen LogP contribution in [0.5, 0.6) is 0 Å². The van der Waals surface area contributed by atoms with E-state index in [1.165, 1.54) is 11.6 Å². The molecule has 3 rings (SSSR count). The normalized spacial score (nSPS) is 35.2. The number of esters is 1. The fourth-order valence-corrected chi connectivity index (χ4v) is 5.08. The molecule has 3 aliphatic rings. The Balaban J connectivity index is 1.73. The summed E-state index contributed by atoms with van der Waals surface area (Å²) in [7, 11) is 1.60. The lowest BCUT2D eigenvalue weighted by atomic mass is 9.91. The molecule has 6 heteroatoms. The molecule has 0 radical (unpaired) electrons. The zero-order valence-electron chi connectivity index (χ0n) is 22.6. The summed E-state index contributed by atoms with van der Waals surface area (Å²) in [6.45, 7) is 9.08. The maximum Gasteiger partial charge on any atom is 0.330 e. The minimum atomic E-state index is -0.644. The molecule has 0 aromatic rings. The van der Waals surface area contributed by atoms with E-state index in [2.05, 4.69) is 38.7 Å². The van der Waals surface area contributed by atoms with Crippen LogP contribution >= 0.6 is 0 Å². The molecule has 0 spiro atoms. The second kappa shape index (κ2) is 15.2. The molecule has 0 saturated carbocycles. The molecule has 0 fully saturated rings. The van der Waals surface area contributed by atoms with Gasteiger partial charge < -0.3 is 24.1 Å². The molecule has 37 heavy (non-hydrogen) atoms. The summed E-state index contributed by atoms with van der Waals surface area (Å²) in [4.78, 5) is 12.7. The van der Waals surface area contributed by atoms with Gasteiger partial charge in [-0.3, -0.25) is 0 Å². The highest BCUT2D eigenvalue weighted by molar-refractivity contribution is 5.82. The van der Waals surface area contributed by atoms with Gasteiger partial charge in [-0.05, 0) is 51.4 Å². The Morgan fingerprint density at radius 3 is 2.73 bits per heavy atom. The van der Waals surface area contributed by atoms with E-state index in [1.807, 2.05) is 24.3 Å². The molecule has 0 amide bonds. The van der Waals surface area contributed by atoms with Crippen LogP contribution in [0.4, 0.5) is 0 Å². The summed E-state index contributed by atoms with van der Waals surface area (Å²) >= 11 is 0. The number of hydrogen-bond donors (Lipinski definition) is 1. The fourth-order valence-electron chi connectivity index (χ4n) is 5.08. The first-order valence-corrected chi connectivity index (χ1v) is 13.5. The van der Waals surface area contributed by atoms with E-state index < -0.39 is 24.3 Å². The number of ether oxygens (including phenoxy) is 4. The molecule has 0 aliphatic carbocycles. The highest BCUT2D eigenvalue weighted by Crippen LogP contribution is 2.26. The van der Waals surface area contributed by atoms with Gasteiger partial charge in [0.05, 0.1) is 31.0 Å². The van der Waals surface area contributed by atoms with Gasteiger partial charge in [-0.1, -0.05) is 73.3 Å². The van der Waals surface area contributed by atoms with E-state index >= 15 is 0 Å². The van der Waals surface area contributed by atoms with E-state index in [1.54, 1.807) is 13.2 Å². The Bertz CT molecular complexity index is 897. The molecule has 204 valence electrons. The van der Waals surface area contributed by atoms with Crippen LogP contribution in [0.15, 0.2) is 72.4 Å². The maximum absolute atomic E-state index is 12.7. The minimum absolute atomic E-state index is 0.0319. The van der Waals surface area contributed by atoms with Crippen LogP contribution < -0.4 is 0 Å². The van der Waals surface area contributed by atoms with Crippen LogP contribution in [-0.2, 0) is 23.7 Å². The third kappa shape index (κ3) is 10.6.